The van der Waals surface area contributed by atoms with Gasteiger partial charge in [0.1, 0.15) is 6.54 Å². The van der Waals surface area contributed by atoms with E-state index in [0.717, 1.165) is 4.90 Å². The van der Waals surface area contributed by atoms with E-state index in [-0.39, 0.29) is 43.0 Å². The summed E-state index contributed by atoms with van der Waals surface area (Å²) in [6.07, 6.45) is 0.688. The number of urea groups is 1. The van der Waals surface area contributed by atoms with E-state index in [1.807, 2.05) is 0 Å². The molecule has 0 aromatic carbocycles. The average Bonchev–Trinajstić information content (AvgIpc) is 2.82. The summed E-state index contributed by atoms with van der Waals surface area (Å²) >= 11 is 5.85. The number of esters is 1. The monoisotopic (exact) mass is 382 g/mol. The number of nitrogens with zero attached hydrogens (tertiary/aromatic N) is 3. The van der Waals surface area contributed by atoms with Crippen LogP contribution < -0.4 is 5.32 Å². The fraction of sp³-hybridized carbons (Fsp3) is 0.438. The standard InChI is InChI=1S/C16H19ClN4O5/c1-10(15(24)19-11-5-3-7-18-14(11)17)26-13(23)6-4-8-21-12(22)9-20(2)16(21)25/h3,5,7,10H,4,6,8-9H2,1-2H3,(H,19,24)/t10-/m0/s1. The van der Waals surface area contributed by atoms with Crippen LogP contribution in [0.1, 0.15) is 19.8 Å². The first kappa shape index (κ1) is 19.6. The van der Waals surface area contributed by atoms with Gasteiger partial charge in [0.25, 0.3) is 5.91 Å². The van der Waals surface area contributed by atoms with Gasteiger partial charge >= 0.3 is 12.0 Å². The molecule has 2 heterocycles. The second-order valence-corrected chi connectivity index (χ2v) is 6.11. The molecule has 0 radical (unpaired) electrons. The van der Waals surface area contributed by atoms with Crippen molar-refractivity contribution < 1.29 is 23.9 Å². The number of aromatic nitrogens is 1. The Morgan fingerprint density at radius 2 is 2.15 bits per heavy atom. The molecule has 1 saturated heterocycles. The summed E-state index contributed by atoms with van der Waals surface area (Å²) in [5.41, 5.74) is 0.317. The molecule has 1 aliphatic rings. The van der Waals surface area contributed by atoms with E-state index in [0.29, 0.717) is 5.69 Å². The SMILES string of the molecule is C[C@H](OC(=O)CCCN1C(=O)CN(C)C1=O)C(=O)Nc1cccnc1Cl. The third-order valence-corrected chi connectivity index (χ3v) is 3.99. The summed E-state index contributed by atoms with van der Waals surface area (Å²) in [7, 11) is 1.53. The predicted molar refractivity (Wildman–Crippen MR) is 92.4 cm³/mol. The van der Waals surface area contributed by atoms with Crippen LogP contribution in [0.5, 0.6) is 0 Å². The lowest BCUT2D eigenvalue weighted by molar-refractivity contribution is -0.153. The second-order valence-electron chi connectivity index (χ2n) is 5.75. The van der Waals surface area contributed by atoms with E-state index in [1.54, 1.807) is 12.1 Å². The molecule has 0 bridgehead atoms. The summed E-state index contributed by atoms with van der Waals surface area (Å²) in [4.78, 5) is 53.4. The molecule has 26 heavy (non-hydrogen) atoms. The van der Waals surface area contributed by atoms with E-state index in [4.69, 9.17) is 16.3 Å². The Morgan fingerprint density at radius 3 is 2.77 bits per heavy atom. The number of amides is 4. The van der Waals surface area contributed by atoms with Crippen LogP contribution in [-0.2, 0) is 19.1 Å². The summed E-state index contributed by atoms with van der Waals surface area (Å²) < 4.78 is 5.05. The van der Waals surface area contributed by atoms with Crippen LogP contribution >= 0.6 is 11.6 Å². The van der Waals surface area contributed by atoms with Crippen LogP contribution in [0.15, 0.2) is 18.3 Å². The van der Waals surface area contributed by atoms with Gasteiger partial charge in [0.05, 0.1) is 5.69 Å². The molecule has 1 atom stereocenters. The number of likely N-dealkylation sites (N-methyl/N-ethyl adjacent to an activating group) is 1. The van der Waals surface area contributed by atoms with Gasteiger partial charge in [-0.15, -0.1) is 0 Å². The predicted octanol–water partition coefficient (Wildman–Crippen LogP) is 1.28. The van der Waals surface area contributed by atoms with Gasteiger partial charge in [-0.05, 0) is 25.5 Å². The van der Waals surface area contributed by atoms with Gasteiger partial charge < -0.3 is 15.0 Å². The van der Waals surface area contributed by atoms with Crippen LogP contribution in [-0.4, -0.2) is 64.8 Å². The van der Waals surface area contributed by atoms with Crippen LogP contribution in [0, 0.1) is 0 Å². The zero-order valence-corrected chi connectivity index (χ0v) is 15.2. The van der Waals surface area contributed by atoms with Gasteiger partial charge in [0, 0.05) is 26.2 Å². The summed E-state index contributed by atoms with van der Waals surface area (Å²) in [6, 6.07) is 2.80. The molecule has 140 valence electrons. The van der Waals surface area contributed by atoms with Crippen LogP contribution in [0.4, 0.5) is 10.5 Å². The number of pyridine rings is 1. The number of anilines is 1. The lowest BCUT2D eigenvalue weighted by atomic mass is 10.3. The molecule has 10 heteroatoms. The smallest absolute Gasteiger partial charge is 0.326 e. The number of hydrogen-bond donors (Lipinski definition) is 1. The maximum Gasteiger partial charge on any atom is 0.326 e. The maximum atomic E-state index is 12.0. The normalized spacial score (nSPS) is 15.2. The molecule has 0 saturated carbocycles. The third-order valence-electron chi connectivity index (χ3n) is 3.69. The molecular formula is C16H19ClN4O5. The minimum atomic E-state index is -1.03. The van der Waals surface area contributed by atoms with Gasteiger partial charge in [-0.1, -0.05) is 11.6 Å². The Kier molecular flexibility index (Phi) is 6.51. The zero-order chi connectivity index (χ0) is 19.3. The highest BCUT2D eigenvalue weighted by molar-refractivity contribution is 6.32. The highest BCUT2D eigenvalue weighted by atomic mass is 35.5. The zero-order valence-electron chi connectivity index (χ0n) is 14.4. The number of imide groups is 1. The molecule has 0 aliphatic carbocycles. The molecule has 0 spiro atoms. The molecule has 2 rings (SSSR count). The lowest BCUT2D eigenvalue weighted by Gasteiger charge is -2.15. The van der Waals surface area contributed by atoms with Gasteiger partial charge in [-0.2, -0.15) is 0 Å². The molecule has 1 aromatic heterocycles. The highest BCUT2D eigenvalue weighted by Crippen LogP contribution is 2.18. The fourth-order valence-corrected chi connectivity index (χ4v) is 2.46. The van der Waals surface area contributed by atoms with Crippen LogP contribution in [0.3, 0.4) is 0 Å². The minimum absolute atomic E-state index is 0.0218. The molecular weight excluding hydrogens is 364 g/mol. The second kappa shape index (κ2) is 8.61. The quantitative estimate of drug-likeness (QED) is 0.432. The Balaban J connectivity index is 1.75. The largest absolute Gasteiger partial charge is 0.453 e. The van der Waals surface area contributed by atoms with Gasteiger partial charge in [-0.3, -0.25) is 19.3 Å². The number of hydrogen-bond acceptors (Lipinski definition) is 6. The molecule has 4 amide bonds. The molecule has 1 aromatic rings. The Labute approximate surface area is 155 Å². The number of carbonyl (C=O) groups excluding carboxylic acids is 4. The van der Waals surface area contributed by atoms with E-state index in [9.17, 15) is 19.2 Å². The molecule has 1 fully saturated rings. The van der Waals surface area contributed by atoms with E-state index >= 15 is 0 Å². The van der Waals surface area contributed by atoms with Crippen molar-refractivity contribution in [2.45, 2.75) is 25.9 Å². The summed E-state index contributed by atoms with van der Waals surface area (Å²) in [5, 5.41) is 2.65. The lowest BCUT2D eigenvalue weighted by Crippen LogP contribution is -2.33. The molecule has 1 N–H and O–H groups in total. The van der Waals surface area contributed by atoms with E-state index in [2.05, 4.69) is 10.3 Å². The minimum Gasteiger partial charge on any atom is -0.453 e. The first-order valence-electron chi connectivity index (χ1n) is 7.96. The number of halogens is 1. The molecule has 0 unspecified atom stereocenters. The highest BCUT2D eigenvalue weighted by Gasteiger charge is 2.33. The maximum absolute atomic E-state index is 12.0. The van der Waals surface area contributed by atoms with Gasteiger partial charge in [0.15, 0.2) is 11.3 Å². The molecule has 9 nitrogen and oxygen atoms in total. The third kappa shape index (κ3) is 4.92. The number of rotatable bonds is 7. The van der Waals surface area contributed by atoms with Crippen molar-refractivity contribution in [3.8, 4) is 0 Å². The van der Waals surface area contributed by atoms with Crippen molar-refractivity contribution >= 4 is 41.1 Å². The van der Waals surface area contributed by atoms with Gasteiger partial charge in [-0.25, -0.2) is 9.78 Å². The first-order chi connectivity index (χ1) is 12.3. The first-order valence-corrected chi connectivity index (χ1v) is 8.33. The van der Waals surface area contributed by atoms with E-state index < -0.39 is 18.0 Å². The van der Waals surface area contributed by atoms with Crippen molar-refractivity contribution in [2.75, 3.05) is 25.5 Å². The van der Waals surface area contributed by atoms with E-state index in [1.165, 1.54) is 25.1 Å². The van der Waals surface area contributed by atoms with Gasteiger partial charge in [0.2, 0.25) is 5.91 Å². The number of nitrogens with one attached hydrogen (secondary N) is 1. The van der Waals surface area contributed by atoms with Crippen molar-refractivity contribution in [1.82, 2.24) is 14.8 Å². The Morgan fingerprint density at radius 1 is 1.42 bits per heavy atom. The summed E-state index contributed by atoms with van der Waals surface area (Å²) in [5.74, 6) is -1.44. The summed E-state index contributed by atoms with van der Waals surface area (Å²) in [6.45, 7) is 1.60. The fourth-order valence-electron chi connectivity index (χ4n) is 2.29. The van der Waals surface area contributed by atoms with Crippen molar-refractivity contribution in [1.29, 1.82) is 0 Å². The van der Waals surface area contributed by atoms with Crippen LogP contribution in [0.25, 0.3) is 0 Å². The average molecular weight is 383 g/mol. The molecule has 1 aliphatic heterocycles. The number of ether oxygens (including phenoxy) is 1. The Bertz CT molecular complexity index is 726. The topological polar surface area (TPSA) is 109 Å². The van der Waals surface area contributed by atoms with Crippen molar-refractivity contribution in [2.24, 2.45) is 0 Å². The van der Waals surface area contributed by atoms with Crippen LogP contribution in [0.2, 0.25) is 5.15 Å². The van der Waals surface area contributed by atoms with Crippen molar-refractivity contribution in [3.05, 3.63) is 23.5 Å². The van der Waals surface area contributed by atoms with Crippen molar-refractivity contribution in [3.63, 3.8) is 0 Å². The Hall–Kier alpha value is -2.68. The number of carbonyl (C=O) groups is 4.